The molecule has 1 aliphatic rings. The number of H-pyrrole nitrogens is 1. The first-order valence-corrected chi connectivity index (χ1v) is 9.89. The number of amides is 2. The van der Waals surface area contributed by atoms with Gasteiger partial charge in [-0.1, -0.05) is 0 Å². The highest BCUT2D eigenvalue weighted by Gasteiger charge is 2.17. The minimum Gasteiger partial charge on any atom is -0.484 e. The summed E-state index contributed by atoms with van der Waals surface area (Å²) in [6.45, 7) is -0.0142. The van der Waals surface area contributed by atoms with E-state index in [0.29, 0.717) is 17.0 Å². The first-order valence-electron chi connectivity index (χ1n) is 9.89. The van der Waals surface area contributed by atoms with Gasteiger partial charge in [-0.05, 0) is 73.7 Å². The molecule has 0 spiro atoms. The molecule has 2 N–H and O–H groups in total. The third-order valence-corrected chi connectivity index (χ3v) is 5.33. The molecule has 2 amide bonds. The zero-order chi connectivity index (χ0) is 20.4. The number of likely N-dealkylation sites (N-methyl/N-ethyl adjacent to an activating group) is 1. The van der Waals surface area contributed by atoms with E-state index in [4.69, 9.17) is 4.74 Å². The van der Waals surface area contributed by atoms with E-state index >= 15 is 0 Å². The molecule has 0 saturated carbocycles. The van der Waals surface area contributed by atoms with Crippen molar-refractivity contribution >= 4 is 28.4 Å². The fourth-order valence-corrected chi connectivity index (χ4v) is 3.66. The maximum absolute atomic E-state index is 12.7. The lowest BCUT2D eigenvalue weighted by Gasteiger charge is -2.12. The molecule has 0 unspecified atom stereocenters. The quantitative estimate of drug-likeness (QED) is 0.695. The van der Waals surface area contributed by atoms with Crippen molar-refractivity contribution in [1.82, 2.24) is 9.88 Å². The summed E-state index contributed by atoms with van der Waals surface area (Å²) in [5.74, 6) is 0.331. The van der Waals surface area contributed by atoms with Crippen LogP contribution in [0.3, 0.4) is 0 Å². The largest absolute Gasteiger partial charge is 0.484 e. The Morgan fingerprint density at radius 2 is 1.83 bits per heavy atom. The van der Waals surface area contributed by atoms with Gasteiger partial charge in [0.15, 0.2) is 6.61 Å². The highest BCUT2D eigenvalue weighted by atomic mass is 16.5. The molecule has 29 heavy (non-hydrogen) atoms. The van der Waals surface area contributed by atoms with E-state index in [0.717, 1.165) is 23.7 Å². The Balaban J connectivity index is 1.44. The van der Waals surface area contributed by atoms with Crippen LogP contribution < -0.4 is 10.1 Å². The zero-order valence-electron chi connectivity index (χ0n) is 16.7. The highest BCUT2D eigenvalue weighted by molar-refractivity contribution is 6.06. The molecule has 6 nitrogen and oxygen atoms in total. The van der Waals surface area contributed by atoms with Gasteiger partial charge in [-0.25, -0.2) is 0 Å². The molecule has 1 heterocycles. The predicted molar refractivity (Wildman–Crippen MR) is 114 cm³/mol. The number of fused-ring (bicyclic) bond motifs is 3. The topological polar surface area (TPSA) is 74.4 Å². The summed E-state index contributed by atoms with van der Waals surface area (Å²) in [5.41, 5.74) is 5.09. The van der Waals surface area contributed by atoms with E-state index in [1.165, 1.54) is 29.0 Å². The second-order valence-electron chi connectivity index (χ2n) is 7.60. The number of aromatic nitrogens is 1. The number of hydrogen-bond donors (Lipinski definition) is 2. The molecule has 0 bridgehead atoms. The van der Waals surface area contributed by atoms with Gasteiger partial charge in [-0.3, -0.25) is 9.59 Å². The number of carbonyl (C=O) groups is 2. The molecular weight excluding hydrogens is 366 g/mol. The van der Waals surface area contributed by atoms with Gasteiger partial charge in [0.1, 0.15) is 5.75 Å². The van der Waals surface area contributed by atoms with Crippen LogP contribution in [0.2, 0.25) is 0 Å². The smallest absolute Gasteiger partial charge is 0.259 e. The van der Waals surface area contributed by atoms with Crippen molar-refractivity contribution in [3.05, 3.63) is 59.3 Å². The van der Waals surface area contributed by atoms with Crippen LogP contribution in [0.15, 0.2) is 42.5 Å². The third kappa shape index (κ3) is 4.11. The average molecular weight is 391 g/mol. The number of nitrogens with zero attached hydrogens (tertiary/aromatic N) is 1. The lowest BCUT2D eigenvalue weighted by molar-refractivity contribution is -0.130. The molecule has 3 aromatic rings. The van der Waals surface area contributed by atoms with Gasteiger partial charge in [-0.15, -0.1) is 0 Å². The molecular formula is C23H25N3O3. The van der Waals surface area contributed by atoms with E-state index in [2.05, 4.69) is 10.3 Å². The van der Waals surface area contributed by atoms with Crippen LogP contribution in [0.25, 0.3) is 10.9 Å². The molecule has 1 aliphatic carbocycles. The first-order chi connectivity index (χ1) is 14.0. The lowest BCUT2D eigenvalue weighted by Crippen LogP contribution is -2.27. The van der Waals surface area contributed by atoms with Gasteiger partial charge >= 0.3 is 0 Å². The summed E-state index contributed by atoms with van der Waals surface area (Å²) in [5, 5.41) is 4.08. The van der Waals surface area contributed by atoms with Gasteiger partial charge < -0.3 is 19.9 Å². The lowest BCUT2D eigenvalue weighted by atomic mass is 9.95. The Hall–Kier alpha value is -3.28. The number of carbonyl (C=O) groups excluding carboxylic acids is 2. The molecule has 1 aromatic heterocycles. The van der Waals surface area contributed by atoms with Crippen LogP contribution in [0.1, 0.15) is 34.5 Å². The van der Waals surface area contributed by atoms with Crippen molar-refractivity contribution in [1.29, 1.82) is 0 Å². The minimum atomic E-state index is -0.144. The van der Waals surface area contributed by atoms with Crippen LogP contribution >= 0.6 is 0 Å². The number of anilines is 1. The Labute approximate surface area is 169 Å². The summed E-state index contributed by atoms with van der Waals surface area (Å²) in [7, 11) is 3.37. The summed E-state index contributed by atoms with van der Waals surface area (Å²) in [6, 6.07) is 12.8. The van der Waals surface area contributed by atoms with Gasteiger partial charge in [0.05, 0.1) is 0 Å². The predicted octanol–water partition coefficient (Wildman–Crippen LogP) is 3.77. The van der Waals surface area contributed by atoms with Crippen LogP contribution in [-0.2, 0) is 17.6 Å². The molecule has 150 valence electrons. The Morgan fingerprint density at radius 1 is 1.07 bits per heavy atom. The fourth-order valence-electron chi connectivity index (χ4n) is 3.66. The van der Waals surface area contributed by atoms with Crippen molar-refractivity contribution in [3.63, 3.8) is 0 Å². The number of rotatable bonds is 5. The second kappa shape index (κ2) is 7.99. The van der Waals surface area contributed by atoms with Gasteiger partial charge in [0.2, 0.25) is 0 Å². The number of aromatic amines is 1. The number of nitrogens with one attached hydrogen (secondary N) is 2. The van der Waals surface area contributed by atoms with Crippen LogP contribution in [-0.4, -0.2) is 42.4 Å². The molecule has 0 fully saturated rings. The minimum absolute atomic E-state index is 0.0142. The van der Waals surface area contributed by atoms with Gasteiger partial charge in [-0.2, -0.15) is 0 Å². The number of ether oxygens (including phenoxy) is 1. The van der Waals surface area contributed by atoms with Crippen molar-refractivity contribution < 1.29 is 14.3 Å². The molecule has 0 atom stereocenters. The van der Waals surface area contributed by atoms with E-state index in [9.17, 15) is 9.59 Å². The maximum atomic E-state index is 12.7. The third-order valence-electron chi connectivity index (χ3n) is 5.33. The summed E-state index contributed by atoms with van der Waals surface area (Å²) in [6.07, 6.45) is 4.57. The van der Waals surface area contributed by atoms with Crippen LogP contribution in [0.5, 0.6) is 5.75 Å². The summed E-state index contributed by atoms with van der Waals surface area (Å²) < 4.78 is 5.46. The monoisotopic (exact) mass is 391 g/mol. The summed E-state index contributed by atoms with van der Waals surface area (Å²) >= 11 is 0. The van der Waals surface area contributed by atoms with E-state index < -0.39 is 0 Å². The fraction of sp³-hybridized carbons (Fsp3) is 0.304. The Bertz CT molecular complexity index is 1050. The van der Waals surface area contributed by atoms with Crippen LogP contribution in [0, 0.1) is 0 Å². The molecule has 0 saturated heterocycles. The SMILES string of the molecule is CN(C)C(=O)COc1ccc(NC(=O)c2ccc3[nH]c4c(c3c2)CCCC4)cc1. The average Bonchev–Trinajstić information content (AvgIpc) is 3.10. The molecule has 4 rings (SSSR count). The number of benzene rings is 2. The van der Waals surface area contributed by atoms with Crippen LogP contribution in [0.4, 0.5) is 5.69 Å². The second-order valence-corrected chi connectivity index (χ2v) is 7.60. The van der Waals surface area contributed by atoms with Gasteiger partial charge in [0.25, 0.3) is 11.8 Å². The molecule has 0 radical (unpaired) electrons. The van der Waals surface area contributed by atoms with E-state index in [1.807, 2.05) is 18.2 Å². The Morgan fingerprint density at radius 3 is 2.59 bits per heavy atom. The standard InChI is InChI=1S/C23H25N3O3/c1-26(2)22(27)14-29-17-10-8-16(9-11-17)24-23(28)15-7-12-21-19(13-15)18-5-3-4-6-20(18)25-21/h7-13,25H,3-6,14H2,1-2H3,(H,24,28). The zero-order valence-corrected chi connectivity index (χ0v) is 16.7. The highest BCUT2D eigenvalue weighted by Crippen LogP contribution is 2.30. The van der Waals surface area contributed by atoms with Crippen molar-refractivity contribution in [2.45, 2.75) is 25.7 Å². The van der Waals surface area contributed by atoms with Crippen molar-refractivity contribution in [3.8, 4) is 5.75 Å². The van der Waals surface area contributed by atoms with E-state index in [-0.39, 0.29) is 18.4 Å². The maximum Gasteiger partial charge on any atom is 0.259 e. The molecule has 2 aromatic carbocycles. The van der Waals surface area contributed by atoms with E-state index in [1.54, 1.807) is 38.4 Å². The first kappa shape index (κ1) is 19.1. The molecule has 6 heteroatoms. The molecule has 0 aliphatic heterocycles. The van der Waals surface area contributed by atoms with Crippen molar-refractivity contribution in [2.75, 3.05) is 26.0 Å². The number of hydrogen-bond acceptors (Lipinski definition) is 3. The normalized spacial score (nSPS) is 13.0. The Kier molecular flexibility index (Phi) is 5.25. The number of aryl methyl sites for hydroxylation is 2. The summed E-state index contributed by atoms with van der Waals surface area (Å²) in [4.78, 5) is 29.3. The van der Waals surface area contributed by atoms with Gasteiger partial charge in [0, 0.05) is 41.9 Å². The van der Waals surface area contributed by atoms with Crippen molar-refractivity contribution in [2.24, 2.45) is 0 Å².